The van der Waals surface area contributed by atoms with Crippen molar-refractivity contribution < 1.29 is 24.2 Å². The Balaban J connectivity index is 1.91. The van der Waals surface area contributed by atoms with Gasteiger partial charge in [-0.25, -0.2) is 9.59 Å². The summed E-state index contributed by atoms with van der Waals surface area (Å²) in [5.41, 5.74) is 0.893. The topological polar surface area (TPSA) is 72.8 Å². The summed E-state index contributed by atoms with van der Waals surface area (Å²) in [4.78, 5) is 24.3. The zero-order chi connectivity index (χ0) is 18.6. The molecule has 2 rings (SSSR count). The zero-order valence-corrected chi connectivity index (χ0v) is 13.9. The molecule has 0 amide bonds. The molecule has 0 bridgehead atoms. The second-order valence-electron chi connectivity index (χ2n) is 5.56. The minimum absolute atomic E-state index is 0.0198. The Labute approximate surface area is 148 Å². The highest BCUT2D eigenvalue weighted by Crippen LogP contribution is 2.11. The SMILES string of the molecule is [3H]OCCCCC(COC(=O)c1ccccc1)OC(=O)c1ccccc1. The maximum Gasteiger partial charge on any atom is 0.338 e. The summed E-state index contributed by atoms with van der Waals surface area (Å²) in [5, 5.41) is 4.29. The summed E-state index contributed by atoms with van der Waals surface area (Å²) >= 11 is 0. The van der Waals surface area contributed by atoms with Crippen molar-refractivity contribution in [2.24, 2.45) is 0 Å². The second kappa shape index (κ2) is 10.3. The summed E-state index contributed by atoms with van der Waals surface area (Å²) in [6.45, 7) is 0.289. The highest BCUT2D eigenvalue weighted by atomic mass is 16.6. The number of benzene rings is 2. The molecule has 0 aliphatic rings. The first-order chi connectivity index (χ1) is 12.7. The first kappa shape index (κ1) is 17.2. The molecule has 25 heavy (non-hydrogen) atoms. The molecule has 0 saturated heterocycles. The zero-order valence-electron chi connectivity index (χ0n) is 14.9. The Kier molecular flexibility index (Phi) is 7.04. The fourth-order valence-corrected chi connectivity index (χ4v) is 2.27. The van der Waals surface area contributed by atoms with E-state index < -0.39 is 18.0 Å². The molecule has 0 aliphatic heterocycles. The van der Waals surface area contributed by atoms with Crippen LogP contribution >= 0.6 is 0 Å². The molecule has 0 radical (unpaired) electrons. The van der Waals surface area contributed by atoms with Crippen molar-refractivity contribution in [2.75, 3.05) is 13.2 Å². The van der Waals surface area contributed by atoms with E-state index in [1.807, 2.05) is 12.1 Å². The fourth-order valence-electron chi connectivity index (χ4n) is 2.27. The van der Waals surface area contributed by atoms with Gasteiger partial charge in [0.25, 0.3) is 0 Å². The Bertz CT molecular complexity index is 675. The number of carbonyl (C=O) groups is 2. The molecule has 0 fully saturated rings. The van der Waals surface area contributed by atoms with Crippen LogP contribution in [0, 0.1) is 0 Å². The molecular weight excluding hydrogens is 320 g/mol. The van der Waals surface area contributed by atoms with Crippen molar-refractivity contribution in [3.8, 4) is 0 Å². The number of esters is 2. The van der Waals surface area contributed by atoms with E-state index in [2.05, 4.69) is 5.11 Å². The number of hydrogen-bond acceptors (Lipinski definition) is 5. The molecule has 0 aromatic heterocycles. The Hall–Kier alpha value is -2.66. The predicted molar refractivity (Wildman–Crippen MR) is 93.3 cm³/mol. The Morgan fingerprint density at radius 2 is 1.52 bits per heavy atom. The lowest BCUT2D eigenvalue weighted by Crippen LogP contribution is -2.25. The van der Waals surface area contributed by atoms with Gasteiger partial charge in [-0.1, -0.05) is 36.4 Å². The molecule has 1 atom stereocenters. The highest BCUT2D eigenvalue weighted by Gasteiger charge is 2.18. The average molecular weight is 344 g/mol. The first-order valence-electron chi connectivity index (χ1n) is 8.68. The van der Waals surface area contributed by atoms with E-state index in [1.54, 1.807) is 48.5 Å². The van der Waals surface area contributed by atoms with Crippen molar-refractivity contribution in [2.45, 2.75) is 25.4 Å². The highest BCUT2D eigenvalue weighted by molar-refractivity contribution is 5.90. The quantitative estimate of drug-likeness (QED) is 0.529. The van der Waals surface area contributed by atoms with Gasteiger partial charge in [-0.3, -0.25) is 0 Å². The van der Waals surface area contributed by atoms with Crippen molar-refractivity contribution in [3.05, 3.63) is 71.8 Å². The molecule has 2 aromatic rings. The fraction of sp³-hybridized carbons (Fsp3) is 0.300. The summed E-state index contributed by atoms with van der Waals surface area (Å²) in [6, 6.07) is 17.3. The number of aliphatic hydroxyl groups is 1. The molecule has 1 N–H and O–H groups in total. The van der Waals surface area contributed by atoms with Gasteiger partial charge in [0.1, 0.15) is 12.7 Å². The molecular formula is C20H22O5. The van der Waals surface area contributed by atoms with Crippen LogP contribution < -0.4 is 0 Å². The molecule has 132 valence electrons. The summed E-state index contributed by atoms with van der Waals surface area (Å²) in [5.74, 6) is -0.913. The third-order valence-corrected chi connectivity index (χ3v) is 3.61. The van der Waals surface area contributed by atoms with Crippen molar-refractivity contribution in [1.29, 1.82) is 1.43 Å². The summed E-state index contributed by atoms with van der Waals surface area (Å²) < 4.78 is 17.5. The lowest BCUT2D eigenvalue weighted by molar-refractivity contribution is -0.00362. The second-order valence-corrected chi connectivity index (χ2v) is 5.56. The van der Waals surface area contributed by atoms with Crippen LogP contribution in [0.2, 0.25) is 0 Å². The number of ether oxygens (including phenoxy) is 2. The van der Waals surface area contributed by atoms with Gasteiger partial charge in [0.15, 0.2) is 0 Å². The van der Waals surface area contributed by atoms with Gasteiger partial charge in [-0.05, 0) is 43.5 Å². The molecule has 0 spiro atoms. The van der Waals surface area contributed by atoms with Gasteiger partial charge >= 0.3 is 11.9 Å². The molecule has 0 heterocycles. The van der Waals surface area contributed by atoms with E-state index in [9.17, 15) is 9.59 Å². The largest absolute Gasteiger partial charge is 0.458 e. The van der Waals surface area contributed by atoms with Crippen LogP contribution in [-0.2, 0) is 9.47 Å². The van der Waals surface area contributed by atoms with E-state index in [0.29, 0.717) is 37.0 Å². The summed E-state index contributed by atoms with van der Waals surface area (Å²) in [6.07, 6.45) is 1.31. The monoisotopic (exact) mass is 344 g/mol. The Morgan fingerprint density at radius 3 is 2.12 bits per heavy atom. The predicted octanol–water partition coefficient (Wildman–Crippen LogP) is 3.23. The molecule has 5 heteroatoms. The minimum Gasteiger partial charge on any atom is -0.458 e. The van der Waals surface area contributed by atoms with Crippen LogP contribution in [0.4, 0.5) is 0 Å². The normalized spacial score (nSPS) is 12.1. The van der Waals surface area contributed by atoms with E-state index in [0.717, 1.165) is 0 Å². The lowest BCUT2D eigenvalue weighted by Gasteiger charge is -2.18. The van der Waals surface area contributed by atoms with Crippen LogP contribution in [0.5, 0.6) is 0 Å². The molecule has 1 unspecified atom stereocenters. The molecule has 5 nitrogen and oxygen atoms in total. The Morgan fingerprint density at radius 1 is 0.920 bits per heavy atom. The van der Waals surface area contributed by atoms with E-state index >= 15 is 0 Å². The smallest absolute Gasteiger partial charge is 0.338 e. The van der Waals surface area contributed by atoms with Gasteiger partial charge in [0.2, 0.25) is 1.43 Å². The molecule has 2 aromatic carbocycles. The van der Waals surface area contributed by atoms with Crippen molar-refractivity contribution in [3.63, 3.8) is 0 Å². The van der Waals surface area contributed by atoms with Crippen molar-refractivity contribution in [1.82, 2.24) is 0 Å². The van der Waals surface area contributed by atoms with E-state index in [-0.39, 0.29) is 6.61 Å². The first-order valence-corrected chi connectivity index (χ1v) is 8.27. The van der Waals surface area contributed by atoms with Crippen LogP contribution in [0.1, 0.15) is 40.0 Å². The minimum atomic E-state index is -0.555. The average Bonchev–Trinajstić information content (AvgIpc) is 2.70. The maximum atomic E-state index is 12.2. The lowest BCUT2D eigenvalue weighted by atomic mass is 10.1. The van der Waals surface area contributed by atoms with Crippen LogP contribution in [-0.4, -0.2) is 37.8 Å². The number of rotatable bonds is 10. The third-order valence-electron chi connectivity index (χ3n) is 3.61. The van der Waals surface area contributed by atoms with E-state index in [4.69, 9.17) is 10.9 Å². The van der Waals surface area contributed by atoms with Crippen LogP contribution in [0.3, 0.4) is 0 Å². The third kappa shape index (κ3) is 6.39. The van der Waals surface area contributed by atoms with E-state index in [1.165, 1.54) is 0 Å². The van der Waals surface area contributed by atoms with Gasteiger partial charge in [0.05, 0.1) is 11.1 Å². The van der Waals surface area contributed by atoms with Gasteiger partial charge < -0.3 is 14.6 Å². The number of unbranched alkanes of at least 4 members (excludes halogenated alkanes) is 1. The van der Waals surface area contributed by atoms with Gasteiger partial charge in [-0.15, -0.1) is 0 Å². The van der Waals surface area contributed by atoms with Gasteiger partial charge in [0, 0.05) is 6.61 Å². The summed E-state index contributed by atoms with van der Waals surface area (Å²) in [7, 11) is 0. The van der Waals surface area contributed by atoms with Crippen LogP contribution in [0.15, 0.2) is 60.7 Å². The standard InChI is InChI=1S/C20H22O5/c21-14-8-7-13-18(25-20(23)17-11-5-2-6-12-17)15-24-19(22)16-9-3-1-4-10-16/h1-6,9-12,18,21H,7-8,13-15H2/i21T. The molecule has 0 saturated carbocycles. The van der Waals surface area contributed by atoms with Crippen LogP contribution in [0.25, 0.3) is 0 Å². The van der Waals surface area contributed by atoms with Gasteiger partial charge in [-0.2, -0.15) is 0 Å². The number of aliphatic hydroxyl groups excluding tert-OH is 1. The van der Waals surface area contributed by atoms with Crippen molar-refractivity contribution >= 4 is 11.9 Å². The number of carbonyl (C=O) groups excluding carboxylic acids is 2. The maximum absolute atomic E-state index is 12.2. The number of hydrogen-bond donors (Lipinski definition) is 1. The molecule has 0 aliphatic carbocycles.